The lowest BCUT2D eigenvalue weighted by atomic mass is 10.1. The molecule has 0 bridgehead atoms. The van der Waals surface area contributed by atoms with E-state index in [1.807, 2.05) is 19.1 Å². The van der Waals surface area contributed by atoms with Crippen molar-refractivity contribution >= 4 is 0 Å². The quantitative estimate of drug-likeness (QED) is 0.648. The zero-order valence-electron chi connectivity index (χ0n) is 7.33. The summed E-state index contributed by atoms with van der Waals surface area (Å²) in [5.41, 5.74) is 2.63. The minimum Gasteiger partial charge on any atom is -0.392 e. The maximum absolute atomic E-state index is 8.87. The second-order valence-corrected chi connectivity index (χ2v) is 2.67. The van der Waals surface area contributed by atoms with Gasteiger partial charge in [-0.1, -0.05) is 18.1 Å². The van der Waals surface area contributed by atoms with Gasteiger partial charge in [-0.3, -0.25) is 0 Å². The summed E-state index contributed by atoms with van der Waals surface area (Å²) in [4.78, 5) is 0. The molecule has 0 aliphatic carbocycles. The second-order valence-electron chi connectivity index (χ2n) is 2.67. The van der Waals surface area contributed by atoms with E-state index in [2.05, 4.69) is 11.8 Å². The Balaban J connectivity index is 3.13. The summed E-state index contributed by atoms with van der Waals surface area (Å²) >= 11 is 0. The molecule has 0 aliphatic heterocycles. The van der Waals surface area contributed by atoms with Crippen LogP contribution in [0, 0.1) is 30.1 Å². The van der Waals surface area contributed by atoms with Crippen LogP contribution in [0.2, 0.25) is 0 Å². The Kier molecular flexibility index (Phi) is 3.09. The Morgan fingerprint density at radius 1 is 1.46 bits per heavy atom. The largest absolute Gasteiger partial charge is 0.392 e. The third-order valence-corrected chi connectivity index (χ3v) is 1.74. The predicted octanol–water partition coefficient (Wildman–Crippen LogP) is 1.36. The minimum atomic E-state index is 0.00150. The van der Waals surface area contributed by atoms with Gasteiger partial charge in [0.25, 0.3) is 0 Å². The number of nitrogens with zero attached hydrogens (tertiary/aromatic N) is 1. The van der Waals surface area contributed by atoms with Crippen molar-refractivity contribution in [3.63, 3.8) is 0 Å². The average molecular weight is 171 g/mol. The fourth-order valence-corrected chi connectivity index (χ4v) is 0.997. The number of hydrogen-bond acceptors (Lipinski definition) is 2. The first kappa shape index (κ1) is 9.32. The Labute approximate surface area is 77.4 Å². The zero-order valence-corrected chi connectivity index (χ0v) is 7.33. The third-order valence-electron chi connectivity index (χ3n) is 1.74. The zero-order chi connectivity index (χ0) is 9.68. The number of aliphatic hydroxyl groups is 1. The van der Waals surface area contributed by atoms with E-state index < -0.39 is 0 Å². The lowest BCUT2D eigenvalue weighted by molar-refractivity contribution is 0.282. The van der Waals surface area contributed by atoms with Gasteiger partial charge in [0.05, 0.1) is 6.61 Å². The molecule has 0 amide bonds. The summed E-state index contributed by atoms with van der Waals surface area (Å²) in [6, 6.07) is 7.27. The van der Waals surface area contributed by atoms with E-state index in [0.717, 1.165) is 16.7 Å². The second kappa shape index (κ2) is 4.30. The lowest BCUT2D eigenvalue weighted by Gasteiger charge is -2.00. The first-order valence-electron chi connectivity index (χ1n) is 3.88. The van der Waals surface area contributed by atoms with E-state index in [1.165, 1.54) is 0 Å². The molecule has 1 aromatic rings. The van der Waals surface area contributed by atoms with Crippen LogP contribution < -0.4 is 0 Å². The number of aliphatic hydroxyl groups excluding tert-OH is 1. The molecular weight excluding hydrogens is 162 g/mol. The van der Waals surface area contributed by atoms with Crippen LogP contribution in [0.25, 0.3) is 0 Å². The molecule has 64 valence electrons. The third kappa shape index (κ3) is 2.33. The number of hydrogen-bond donors (Lipinski definition) is 1. The van der Waals surface area contributed by atoms with Gasteiger partial charge in [-0.25, -0.2) is 0 Å². The molecule has 2 nitrogen and oxygen atoms in total. The molecule has 0 heterocycles. The minimum absolute atomic E-state index is 0.00150. The summed E-state index contributed by atoms with van der Waals surface area (Å²) in [6.07, 6.45) is 0. The topological polar surface area (TPSA) is 44.0 Å². The normalized spacial score (nSPS) is 8.38. The molecule has 0 saturated heterocycles. The number of benzene rings is 1. The molecule has 1 rings (SSSR count). The summed E-state index contributed by atoms with van der Waals surface area (Å²) < 4.78 is 0. The molecule has 1 aromatic carbocycles. The highest BCUT2D eigenvalue weighted by atomic mass is 16.3. The van der Waals surface area contributed by atoms with Crippen molar-refractivity contribution in [2.45, 2.75) is 13.5 Å². The highest BCUT2D eigenvalue weighted by molar-refractivity contribution is 5.45. The van der Waals surface area contributed by atoms with Crippen molar-refractivity contribution in [2.24, 2.45) is 0 Å². The van der Waals surface area contributed by atoms with Crippen LogP contribution in [0.15, 0.2) is 18.2 Å². The summed E-state index contributed by atoms with van der Waals surface area (Å²) in [5.74, 6) is 5.05. The van der Waals surface area contributed by atoms with Crippen LogP contribution in [0.3, 0.4) is 0 Å². The van der Waals surface area contributed by atoms with Crippen LogP contribution in [-0.4, -0.2) is 5.11 Å². The maximum atomic E-state index is 8.87. The van der Waals surface area contributed by atoms with Crippen LogP contribution in [-0.2, 0) is 6.61 Å². The number of nitriles is 1. The first-order valence-corrected chi connectivity index (χ1v) is 3.88. The lowest BCUT2D eigenvalue weighted by Crippen LogP contribution is -1.87. The van der Waals surface area contributed by atoms with Crippen molar-refractivity contribution in [3.05, 3.63) is 34.9 Å². The van der Waals surface area contributed by atoms with Crippen LogP contribution >= 0.6 is 0 Å². The molecule has 0 saturated carbocycles. The molecule has 0 spiro atoms. The van der Waals surface area contributed by atoms with E-state index in [9.17, 15) is 0 Å². The fraction of sp³-hybridized carbons (Fsp3) is 0.182. The average Bonchev–Trinajstić information content (AvgIpc) is 2.17. The van der Waals surface area contributed by atoms with Crippen LogP contribution in [0.4, 0.5) is 0 Å². The first-order chi connectivity index (χ1) is 6.27. The standard InChI is InChI=1S/C11H9NO/c1-9-4-5-10(8-13)7-11(9)3-2-6-12/h4-5,7,13H,8H2,1H3. The molecule has 1 N–H and O–H groups in total. The van der Waals surface area contributed by atoms with Crippen LogP contribution in [0.1, 0.15) is 16.7 Å². The highest BCUT2D eigenvalue weighted by Gasteiger charge is 1.96. The van der Waals surface area contributed by atoms with Gasteiger partial charge in [-0.05, 0) is 24.1 Å². The Hall–Kier alpha value is -1.77. The highest BCUT2D eigenvalue weighted by Crippen LogP contribution is 2.09. The number of rotatable bonds is 1. The smallest absolute Gasteiger partial charge is 0.152 e. The van der Waals surface area contributed by atoms with E-state index in [0.29, 0.717) is 0 Å². The molecule has 0 fully saturated rings. The summed E-state index contributed by atoms with van der Waals surface area (Å²) in [6.45, 7) is 1.92. The predicted molar refractivity (Wildman–Crippen MR) is 49.6 cm³/mol. The molecular formula is C11H9NO. The van der Waals surface area contributed by atoms with Gasteiger partial charge in [-0.15, -0.1) is 0 Å². The van der Waals surface area contributed by atoms with E-state index in [4.69, 9.17) is 10.4 Å². The number of aryl methyl sites for hydroxylation is 1. The molecule has 0 unspecified atom stereocenters. The molecule has 0 radical (unpaired) electrons. The van der Waals surface area contributed by atoms with E-state index >= 15 is 0 Å². The molecule has 2 heteroatoms. The van der Waals surface area contributed by atoms with Crippen molar-refractivity contribution in [1.82, 2.24) is 0 Å². The van der Waals surface area contributed by atoms with E-state index in [-0.39, 0.29) is 6.61 Å². The van der Waals surface area contributed by atoms with Gasteiger partial charge in [0, 0.05) is 11.5 Å². The Morgan fingerprint density at radius 2 is 2.23 bits per heavy atom. The van der Waals surface area contributed by atoms with Gasteiger partial charge in [0.2, 0.25) is 0 Å². The van der Waals surface area contributed by atoms with Gasteiger partial charge in [0.15, 0.2) is 6.07 Å². The monoisotopic (exact) mass is 171 g/mol. The van der Waals surface area contributed by atoms with Crippen molar-refractivity contribution in [2.75, 3.05) is 0 Å². The molecule has 0 aliphatic rings. The van der Waals surface area contributed by atoms with Gasteiger partial charge < -0.3 is 5.11 Å². The van der Waals surface area contributed by atoms with E-state index in [1.54, 1.807) is 12.1 Å². The van der Waals surface area contributed by atoms with Gasteiger partial charge in [0.1, 0.15) is 0 Å². The fourth-order valence-electron chi connectivity index (χ4n) is 0.997. The molecule has 0 aromatic heterocycles. The maximum Gasteiger partial charge on any atom is 0.152 e. The Morgan fingerprint density at radius 3 is 2.85 bits per heavy atom. The molecule has 13 heavy (non-hydrogen) atoms. The van der Waals surface area contributed by atoms with Crippen molar-refractivity contribution in [3.8, 4) is 17.9 Å². The molecule has 0 atom stereocenters. The summed E-state index contributed by atoms with van der Waals surface area (Å²) in [7, 11) is 0. The Bertz CT molecular complexity index is 404. The van der Waals surface area contributed by atoms with Crippen molar-refractivity contribution in [1.29, 1.82) is 5.26 Å². The van der Waals surface area contributed by atoms with Gasteiger partial charge >= 0.3 is 0 Å². The van der Waals surface area contributed by atoms with Gasteiger partial charge in [-0.2, -0.15) is 5.26 Å². The summed E-state index contributed by atoms with van der Waals surface area (Å²) in [5, 5.41) is 17.1. The SMILES string of the molecule is Cc1ccc(CO)cc1C#CC#N. The van der Waals surface area contributed by atoms with Crippen LogP contribution in [0.5, 0.6) is 0 Å². The van der Waals surface area contributed by atoms with Crippen molar-refractivity contribution < 1.29 is 5.11 Å².